The number of hydrogen-bond donors (Lipinski definition) is 2. The van der Waals surface area contributed by atoms with E-state index in [2.05, 4.69) is 0 Å². The van der Waals surface area contributed by atoms with E-state index < -0.39 is 0 Å². The van der Waals surface area contributed by atoms with Gasteiger partial charge in [0, 0.05) is 25.5 Å². The first-order chi connectivity index (χ1) is 6.96. The van der Waals surface area contributed by atoms with E-state index in [0.717, 1.165) is 12.8 Å². The monoisotopic (exact) mass is 215 g/mol. The zero-order valence-corrected chi connectivity index (χ0v) is 10.3. The number of aliphatic hydroxyl groups excluding tert-OH is 1. The SMILES string of the molecule is COC(C)(C)CC(O)C1(CN)CCCC1. The third kappa shape index (κ3) is 2.92. The smallest absolute Gasteiger partial charge is 0.0647 e. The van der Waals surface area contributed by atoms with Crippen LogP contribution in [0.2, 0.25) is 0 Å². The van der Waals surface area contributed by atoms with Crippen molar-refractivity contribution in [3.63, 3.8) is 0 Å². The quantitative estimate of drug-likeness (QED) is 0.733. The summed E-state index contributed by atoms with van der Waals surface area (Å²) >= 11 is 0. The summed E-state index contributed by atoms with van der Waals surface area (Å²) < 4.78 is 5.36. The molecule has 1 fully saturated rings. The zero-order chi connectivity index (χ0) is 11.5. The van der Waals surface area contributed by atoms with Crippen LogP contribution in [0.5, 0.6) is 0 Å². The van der Waals surface area contributed by atoms with Crippen molar-refractivity contribution in [2.24, 2.45) is 11.1 Å². The molecule has 0 saturated heterocycles. The Morgan fingerprint density at radius 3 is 2.33 bits per heavy atom. The molecule has 1 aliphatic rings. The van der Waals surface area contributed by atoms with Gasteiger partial charge in [-0.05, 0) is 26.7 Å². The van der Waals surface area contributed by atoms with Crippen molar-refractivity contribution in [3.05, 3.63) is 0 Å². The highest BCUT2D eigenvalue weighted by molar-refractivity contribution is 4.94. The molecule has 90 valence electrons. The Kier molecular flexibility index (Phi) is 4.15. The second-order valence-electron chi connectivity index (χ2n) is 5.46. The average Bonchev–Trinajstić information content (AvgIpc) is 2.66. The molecular weight excluding hydrogens is 190 g/mol. The molecule has 0 aromatic heterocycles. The van der Waals surface area contributed by atoms with E-state index in [-0.39, 0.29) is 17.1 Å². The van der Waals surface area contributed by atoms with Gasteiger partial charge in [-0.1, -0.05) is 12.8 Å². The van der Waals surface area contributed by atoms with E-state index in [9.17, 15) is 5.11 Å². The zero-order valence-electron chi connectivity index (χ0n) is 10.3. The first kappa shape index (κ1) is 12.9. The van der Waals surface area contributed by atoms with Gasteiger partial charge in [0.05, 0.1) is 11.7 Å². The lowest BCUT2D eigenvalue weighted by Gasteiger charge is -2.37. The second kappa shape index (κ2) is 4.81. The van der Waals surface area contributed by atoms with Gasteiger partial charge in [0.2, 0.25) is 0 Å². The molecule has 0 bridgehead atoms. The summed E-state index contributed by atoms with van der Waals surface area (Å²) in [5.74, 6) is 0. The molecule has 0 aliphatic heterocycles. The molecule has 1 unspecified atom stereocenters. The Labute approximate surface area is 93.0 Å². The number of aliphatic hydroxyl groups is 1. The Morgan fingerprint density at radius 2 is 1.93 bits per heavy atom. The molecule has 0 radical (unpaired) electrons. The molecule has 15 heavy (non-hydrogen) atoms. The highest BCUT2D eigenvalue weighted by Crippen LogP contribution is 2.42. The lowest BCUT2D eigenvalue weighted by atomic mass is 9.76. The molecule has 0 heterocycles. The Balaban J connectivity index is 2.61. The molecule has 3 nitrogen and oxygen atoms in total. The highest BCUT2D eigenvalue weighted by atomic mass is 16.5. The molecule has 0 spiro atoms. The Hall–Kier alpha value is -0.120. The molecular formula is C12H25NO2. The summed E-state index contributed by atoms with van der Waals surface area (Å²) in [6.45, 7) is 4.61. The highest BCUT2D eigenvalue weighted by Gasteiger charge is 2.41. The van der Waals surface area contributed by atoms with Gasteiger partial charge in [0.1, 0.15) is 0 Å². The molecule has 1 atom stereocenters. The fraction of sp³-hybridized carbons (Fsp3) is 1.00. The van der Waals surface area contributed by atoms with Gasteiger partial charge in [-0.15, -0.1) is 0 Å². The number of rotatable bonds is 5. The lowest BCUT2D eigenvalue weighted by Crippen LogP contribution is -2.43. The van der Waals surface area contributed by atoms with Crippen molar-refractivity contribution in [1.82, 2.24) is 0 Å². The number of ether oxygens (including phenoxy) is 1. The van der Waals surface area contributed by atoms with Crippen LogP contribution < -0.4 is 5.73 Å². The summed E-state index contributed by atoms with van der Waals surface area (Å²) in [6, 6.07) is 0. The van der Waals surface area contributed by atoms with Gasteiger partial charge in [0.25, 0.3) is 0 Å². The van der Waals surface area contributed by atoms with Crippen molar-refractivity contribution in [1.29, 1.82) is 0 Å². The van der Waals surface area contributed by atoms with Crippen LogP contribution in [0.4, 0.5) is 0 Å². The second-order valence-corrected chi connectivity index (χ2v) is 5.46. The summed E-state index contributed by atoms with van der Waals surface area (Å²) in [6.07, 6.45) is 4.85. The minimum atomic E-state index is -0.333. The lowest BCUT2D eigenvalue weighted by molar-refractivity contribution is -0.0581. The number of methoxy groups -OCH3 is 1. The van der Waals surface area contributed by atoms with Crippen LogP contribution in [0, 0.1) is 5.41 Å². The maximum atomic E-state index is 10.3. The summed E-state index contributed by atoms with van der Waals surface area (Å²) in [5.41, 5.74) is 5.52. The van der Waals surface area contributed by atoms with Gasteiger partial charge in [-0.25, -0.2) is 0 Å². The van der Waals surface area contributed by atoms with E-state index in [4.69, 9.17) is 10.5 Å². The predicted octanol–water partition coefficient (Wildman–Crippen LogP) is 1.68. The van der Waals surface area contributed by atoms with Gasteiger partial charge >= 0.3 is 0 Å². The first-order valence-electron chi connectivity index (χ1n) is 5.89. The number of hydrogen-bond acceptors (Lipinski definition) is 3. The maximum Gasteiger partial charge on any atom is 0.0647 e. The predicted molar refractivity (Wildman–Crippen MR) is 61.7 cm³/mol. The van der Waals surface area contributed by atoms with E-state index in [1.165, 1.54) is 12.8 Å². The van der Waals surface area contributed by atoms with Crippen molar-refractivity contribution in [3.8, 4) is 0 Å². The third-order valence-corrected chi connectivity index (χ3v) is 3.95. The summed E-state index contributed by atoms with van der Waals surface area (Å²) in [7, 11) is 1.69. The van der Waals surface area contributed by atoms with Crippen molar-refractivity contribution in [2.45, 2.75) is 57.7 Å². The van der Waals surface area contributed by atoms with Crippen molar-refractivity contribution >= 4 is 0 Å². The van der Waals surface area contributed by atoms with Crippen LogP contribution in [0.25, 0.3) is 0 Å². The summed E-state index contributed by atoms with van der Waals surface area (Å²) in [5, 5.41) is 10.3. The standard InChI is InChI=1S/C12H25NO2/c1-11(2,15-3)8-10(14)12(9-13)6-4-5-7-12/h10,14H,4-9,13H2,1-3H3. The van der Waals surface area contributed by atoms with Crippen LogP contribution in [0.15, 0.2) is 0 Å². The molecule has 0 aromatic carbocycles. The molecule has 0 amide bonds. The van der Waals surface area contributed by atoms with Gasteiger partial charge in [0.15, 0.2) is 0 Å². The fourth-order valence-electron chi connectivity index (χ4n) is 2.52. The maximum absolute atomic E-state index is 10.3. The topological polar surface area (TPSA) is 55.5 Å². The molecule has 1 aliphatic carbocycles. The van der Waals surface area contributed by atoms with E-state index >= 15 is 0 Å². The van der Waals surface area contributed by atoms with Crippen LogP contribution in [0.3, 0.4) is 0 Å². The van der Waals surface area contributed by atoms with Gasteiger partial charge in [-0.2, -0.15) is 0 Å². The average molecular weight is 215 g/mol. The minimum Gasteiger partial charge on any atom is -0.392 e. The fourth-order valence-corrected chi connectivity index (χ4v) is 2.52. The van der Waals surface area contributed by atoms with Crippen LogP contribution in [-0.2, 0) is 4.74 Å². The largest absolute Gasteiger partial charge is 0.392 e. The van der Waals surface area contributed by atoms with E-state index in [1.807, 2.05) is 13.8 Å². The van der Waals surface area contributed by atoms with Crippen LogP contribution in [-0.4, -0.2) is 30.5 Å². The van der Waals surface area contributed by atoms with Crippen LogP contribution >= 0.6 is 0 Å². The molecule has 1 saturated carbocycles. The minimum absolute atomic E-state index is 0.0458. The molecule has 1 rings (SSSR count). The Bertz CT molecular complexity index is 198. The van der Waals surface area contributed by atoms with E-state index in [0.29, 0.717) is 13.0 Å². The van der Waals surface area contributed by atoms with E-state index in [1.54, 1.807) is 7.11 Å². The molecule has 0 aromatic rings. The van der Waals surface area contributed by atoms with Crippen molar-refractivity contribution in [2.75, 3.05) is 13.7 Å². The van der Waals surface area contributed by atoms with Gasteiger partial charge in [-0.3, -0.25) is 0 Å². The third-order valence-electron chi connectivity index (χ3n) is 3.95. The molecule has 3 N–H and O–H groups in total. The normalized spacial score (nSPS) is 23.0. The summed E-state index contributed by atoms with van der Waals surface area (Å²) in [4.78, 5) is 0. The molecule has 3 heteroatoms. The number of nitrogens with two attached hydrogens (primary N) is 1. The Morgan fingerprint density at radius 1 is 1.40 bits per heavy atom. The van der Waals surface area contributed by atoms with Crippen molar-refractivity contribution < 1.29 is 9.84 Å². The van der Waals surface area contributed by atoms with Crippen LogP contribution in [0.1, 0.15) is 46.0 Å². The first-order valence-corrected chi connectivity index (χ1v) is 5.89. The van der Waals surface area contributed by atoms with Gasteiger partial charge < -0.3 is 15.6 Å².